The fourth-order valence-electron chi connectivity index (χ4n) is 2.82. The molecule has 6 heteroatoms. The summed E-state index contributed by atoms with van der Waals surface area (Å²) in [6, 6.07) is 3.94. The fourth-order valence-corrected chi connectivity index (χ4v) is 3.02. The minimum Gasteiger partial charge on any atom is -0.465 e. The Labute approximate surface area is 179 Å². The molecule has 4 nitrogen and oxygen atoms in total. The third-order valence-electron chi connectivity index (χ3n) is 4.87. The zero-order chi connectivity index (χ0) is 21.7. The lowest BCUT2D eigenvalue weighted by atomic mass is 9.94. The van der Waals surface area contributed by atoms with E-state index in [0.717, 1.165) is 25.3 Å². The molecular formula is C23H34ClFO4. The Morgan fingerprint density at radius 2 is 1.48 bits per heavy atom. The minimum atomic E-state index is -1.55. The Morgan fingerprint density at radius 1 is 0.931 bits per heavy atom. The van der Waals surface area contributed by atoms with Crippen molar-refractivity contribution < 1.29 is 23.5 Å². The Morgan fingerprint density at radius 3 is 2.03 bits per heavy atom. The third kappa shape index (κ3) is 9.16. The standard InChI is InChI=1S/C23H34ClFO4/c1-4-5-6-7-8-9-10-11-12-13-17-28-21(26)23(2,3)22(27)29-20-18(24)15-14-16-19(20)25/h14-16H,4-13,17H2,1-3H3. The fraction of sp³-hybridized carbons (Fsp3) is 0.652. The molecule has 0 heterocycles. The molecule has 164 valence electrons. The Bertz CT molecular complexity index is 626. The van der Waals surface area contributed by atoms with Gasteiger partial charge in [0.25, 0.3) is 0 Å². The van der Waals surface area contributed by atoms with Crippen molar-refractivity contribution in [1.82, 2.24) is 0 Å². The van der Waals surface area contributed by atoms with E-state index in [1.165, 1.54) is 70.9 Å². The zero-order valence-corrected chi connectivity index (χ0v) is 18.7. The highest BCUT2D eigenvalue weighted by atomic mass is 35.5. The van der Waals surface area contributed by atoms with Gasteiger partial charge in [-0.25, -0.2) is 4.39 Å². The second kappa shape index (κ2) is 13.6. The Balaban J connectivity index is 2.26. The lowest BCUT2D eigenvalue weighted by molar-refractivity contribution is -0.164. The normalized spacial score (nSPS) is 11.3. The highest BCUT2D eigenvalue weighted by Gasteiger charge is 2.40. The Hall–Kier alpha value is -1.62. The van der Waals surface area contributed by atoms with Crippen LogP contribution in [-0.4, -0.2) is 18.5 Å². The SMILES string of the molecule is CCCCCCCCCCCCOC(=O)C(C)(C)C(=O)Oc1c(F)cccc1Cl. The van der Waals surface area contributed by atoms with Crippen molar-refractivity contribution >= 4 is 23.5 Å². The van der Waals surface area contributed by atoms with Gasteiger partial charge in [0.05, 0.1) is 11.6 Å². The smallest absolute Gasteiger partial charge is 0.328 e. The largest absolute Gasteiger partial charge is 0.465 e. The van der Waals surface area contributed by atoms with Gasteiger partial charge in [0.2, 0.25) is 0 Å². The first-order valence-electron chi connectivity index (χ1n) is 10.6. The number of unbranched alkanes of at least 4 members (excludes halogenated alkanes) is 9. The van der Waals surface area contributed by atoms with Gasteiger partial charge in [-0.2, -0.15) is 0 Å². The first kappa shape index (κ1) is 25.4. The predicted molar refractivity (Wildman–Crippen MR) is 114 cm³/mol. The second-order valence-electron chi connectivity index (χ2n) is 7.88. The number of para-hydroxylation sites is 1. The summed E-state index contributed by atoms with van der Waals surface area (Å²) in [6.45, 7) is 5.26. The summed E-state index contributed by atoms with van der Waals surface area (Å²) in [5.74, 6) is -2.74. The number of rotatable bonds is 14. The molecule has 1 aromatic rings. The van der Waals surface area contributed by atoms with Crippen molar-refractivity contribution in [2.75, 3.05) is 6.61 Å². The van der Waals surface area contributed by atoms with Crippen molar-refractivity contribution in [2.24, 2.45) is 5.41 Å². The van der Waals surface area contributed by atoms with E-state index in [-0.39, 0.29) is 17.4 Å². The molecule has 1 aromatic carbocycles. The van der Waals surface area contributed by atoms with Gasteiger partial charge >= 0.3 is 11.9 Å². The first-order chi connectivity index (χ1) is 13.8. The van der Waals surface area contributed by atoms with Crippen molar-refractivity contribution in [1.29, 1.82) is 0 Å². The van der Waals surface area contributed by atoms with Crippen molar-refractivity contribution in [2.45, 2.75) is 85.0 Å². The molecule has 0 aliphatic rings. The maximum absolute atomic E-state index is 13.8. The van der Waals surface area contributed by atoms with Crippen LogP contribution in [0.1, 0.15) is 85.0 Å². The minimum absolute atomic E-state index is 0.0344. The van der Waals surface area contributed by atoms with E-state index in [0.29, 0.717) is 0 Å². The van der Waals surface area contributed by atoms with E-state index < -0.39 is 23.2 Å². The van der Waals surface area contributed by atoms with Crippen molar-refractivity contribution in [3.63, 3.8) is 0 Å². The molecule has 0 N–H and O–H groups in total. The maximum Gasteiger partial charge on any atom is 0.328 e. The molecule has 0 bridgehead atoms. The number of hydrogen-bond donors (Lipinski definition) is 0. The molecule has 0 aliphatic heterocycles. The summed E-state index contributed by atoms with van der Waals surface area (Å²) in [7, 11) is 0. The van der Waals surface area contributed by atoms with Crippen LogP contribution >= 0.6 is 11.6 Å². The molecule has 0 unspecified atom stereocenters. The summed E-state index contributed by atoms with van der Waals surface area (Å²) in [5.41, 5.74) is -1.55. The average molecular weight is 429 g/mol. The van der Waals surface area contributed by atoms with Crippen LogP contribution in [0.3, 0.4) is 0 Å². The number of carbonyl (C=O) groups excluding carboxylic acids is 2. The Kier molecular flexibility index (Phi) is 11.9. The molecule has 0 saturated heterocycles. The summed E-state index contributed by atoms with van der Waals surface area (Å²) in [4.78, 5) is 24.6. The molecule has 0 atom stereocenters. The summed E-state index contributed by atoms with van der Waals surface area (Å²) in [6.07, 6.45) is 11.8. The lowest BCUT2D eigenvalue weighted by Crippen LogP contribution is -2.38. The monoisotopic (exact) mass is 428 g/mol. The third-order valence-corrected chi connectivity index (χ3v) is 5.16. The molecular weight excluding hydrogens is 395 g/mol. The van der Waals surface area contributed by atoms with Gasteiger partial charge in [0.15, 0.2) is 17.0 Å². The highest BCUT2D eigenvalue weighted by Crippen LogP contribution is 2.30. The van der Waals surface area contributed by atoms with Gasteiger partial charge in [0, 0.05) is 0 Å². The molecule has 0 amide bonds. The van der Waals surface area contributed by atoms with Crippen LogP contribution in [0.5, 0.6) is 5.75 Å². The van der Waals surface area contributed by atoms with Gasteiger partial charge < -0.3 is 9.47 Å². The van der Waals surface area contributed by atoms with E-state index in [9.17, 15) is 14.0 Å². The van der Waals surface area contributed by atoms with Gasteiger partial charge in [-0.15, -0.1) is 0 Å². The predicted octanol–water partition coefficient (Wildman–Crippen LogP) is 6.87. The van der Waals surface area contributed by atoms with E-state index in [2.05, 4.69) is 6.92 Å². The van der Waals surface area contributed by atoms with Crippen LogP contribution < -0.4 is 4.74 Å². The average Bonchev–Trinajstić information content (AvgIpc) is 2.68. The number of benzene rings is 1. The zero-order valence-electron chi connectivity index (χ0n) is 17.9. The summed E-state index contributed by atoms with van der Waals surface area (Å²) in [5, 5.41) is -0.0344. The van der Waals surface area contributed by atoms with Crippen LogP contribution in [0.15, 0.2) is 18.2 Å². The molecule has 0 saturated carbocycles. The van der Waals surface area contributed by atoms with E-state index in [1.807, 2.05) is 0 Å². The van der Waals surface area contributed by atoms with Gasteiger partial charge in [0.1, 0.15) is 0 Å². The van der Waals surface area contributed by atoms with Gasteiger partial charge in [-0.05, 0) is 32.4 Å². The number of hydrogen-bond acceptors (Lipinski definition) is 4. The van der Waals surface area contributed by atoms with Gasteiger partial charge in [-0.1, -0.05) is 82.4 Å². The summed E-state index contributed by atoms with van der Waals surface area (Å²) < 4.78 is 24.0. The molecule has 1 rings (SSSR count). The summed E-state index contributed by atoms with van der Waals surface area (Å²) >= 11 is 5.86. The van der Waals surface area contributed by atoms with Crippen LogP contribution in [0.2, 0.25) is 5.02 Å². The van der Waals surface area contributed by atoms with Crippen molar-refractivity contribution in [3.05, 3.63) is 29.0 Å². The first-order valence-corrected chi connectivity index (χ1v) is 11.0. The molecule has 0 fully saturated rings. The van der Waals surface area contributed by atoms with Crippen LogP contribution in [0.25, 0.3) is 0 Å². The highest BCUT2D eigenvalue weighted by molar-refractivity contribution is 6.32. The molecule has 0 aliphatic carbocycles. The molecule has 0 radical (unpaired) electrons. The molecule has 0 aromatic heterocycles. The number of carbonyl (C=O) groups is 2. The number of ether oxygens (including phenoxy) is 2. The van der Waals surface area contributed by atoms with Gasteiger partial charge in [-0.3, -0.25) is 9.59 Å². The van der Waals surface area contributed by atoms with Crippen LogP contribution in [-0.2, 0) is 14.3 Å². The van der Waals surface area contributed by atoms with E-state index in [1.54, 1.807) is 0 Å². The number of esters is 2. The molecule has 29 heavy (non-hydrogen) atoms. The van der Waals surface area contributed by atoms with Crippen LogP contribution in [0.4, 0.5) is 4.39 Å². The van der Waals surface area contributed by atoms with Crippen LogP contribution in [0, 0.1) is 11.2 Å². The quantitative estimate of drug-likeness (QED) is 0.140. The number of halogens is 2. The second-order valence-corrected chi connectivity index (χ2v) is 8.29. The van der Waals surface area contributed by atoms with Crippen molar-refractivity contribution in [3.8, 4) is 5.75 Å². The van der Waals surface area contributed by atoms with E-state index in [4.69, 9.17) is 21.1 Å². The van der Waals surface area contributed by atoms with E-state index >= 15 is 0 Å². The topological polar surface area (TPSA) is 52.6 Å². The molecule has 0 spiro atoms. The lowest BCUT2D eigenvalue weighted by Gasteiger charge is -2.21. The maximum atomic E-state index is 13.8.